The van der Waals surface area contributed by atoms with Gasteiger partial charge < -0.3 is 15.0 Å². The molecule has 0 unspecified atom stereocenters. The highest BCUT2D eigenvalue weighted by Crippen LogP contribution is 2.36. The van der Waals surface area contributed by atoms with Crippen LogP contribution < -0.4 is 5.32 Å². The number of carbonyl (C=O) groups is 1. The summed E-state index contributed by atoms with van der Waals surface area (Å²) in [5.74, 6) is 2.27. The van der Waals surface area contributed by atoms with Crippen LogP contribution >= 0.6 is 0 Å². The molecule has 1 amide bonds. The van der Waals surface area contributed by atoms with E-state index in [1.165, 1.54) is 0 Å². The Morgan fingerprint density at radius 2 is 2.14 bits per heavy atom. The average Bonchev–Trinajstić information content (AvgIpc) is 3.27. The minimum absolute atomic E-state index is 0.0923. The number of aromatic nitrogens is 6. The van der Waals surface area contributed by atoms with Crippen molar-refractivity contribution in [3.8, 4) is 5.82 Å². The molecule has 1 saturated carbocycles. The highest BCUT2D eigenvalue weighted by atomic mass is 16.3. The molecule has 3 aromatic heterocycles. The number of carbonyl (C=O) groups excluding carboxylic acids is 1. The fourth-order valence-electron chi connectivity index (χ4n) is 3.66. The van der Waals surface area contributed by atoms with E-state index in [2.05, 4.69) is 25.6 Å². The third-order valence-electron chi connectivity index (χ3n) is 5.27. The Bertz CT molecular complexity index is 974. The normalized spacial score (nSPS) is 18.7. The highest BCUT2D eigenvalue weighted by Gasteiger charge is 2.35. The maximum atomic E-state index is 12.7. The fraction of sp³-hybridized carbons (Fsp3) is 0.421. The molecule has 0 aliphatic heterocycles. The van der Waals surface area contributed by atoms with Gasteiger partial charge in [-0.25, -0.2) is 9.67 Å². The number of amides is 1. The molecule has 0 atom stereocenters. The van der Waals surface area contributed by atoms with Crippen LogP contribution in [0.4, 0.5) is 0 Å². The van der Waals surface area contributed by atoms with E-state index in [1.54, 1.807) is 17.1 Å². The molecule has 1 fully saturated rings. The smallest absolute Gasteiger partial charge is 0.254 e. The molecule has 146 valence electrons. The van der Waals surface area contributed by atoms with Gasteiger partial charge in [0.05, 0.1) is 17.5 Å². The van der Waals surface area contributed by atoms with Crippen molar-refractivity contribution in [1.29, 1.82) is 0 Å². The Balaban J connectivity index is 1.40. The minimum Gasteiger partial charge on any atom is -0.388 e. The summed E-state index contributed by atoms with van der Waals surface area (Å²) in [6.45, 7) is 4.47. The Morgan fingerprint density at radius 1 is 1.32 bits per heavy atom. The molecule has 3 heterocycles. The van der Waals surface area contributed by atoms with Crippen molar-refractivity contribution in [3.05, 3.63) is 53.5 Å². The highest BCUT2D eigenvalue weighted by molar-refractivity contribution is 5.95. The second-order valence-electron chi connectivity index (χ2n) is 6.96. The first kappa shape index (κ1) is 18.3. The van der Waals surface area contributed by atoms with Crippen LogP contribution in [0, 0.1) is 6.92 Å². The van der Waals surface area contributed by atoms with E-state index < -0.39 is 0 Å². The van der Waals surface area contributed by atoms with E-state index in [4.69, 9.17) is 0 Å². The molecular formula is C19H23N7O2. The molecule has 0 radical (unpaired) electrons. The van der Waals surface area contributed by atoms with Crippen LogP contribution in [0.1, 0.15) is 53.4 Å². The van der Waals surface area contributed by atoms with Crippen molar-refractivity contribution >= 4 is 5.91 Å². The van der Waals surface area contributed by atoms with E-state index >= 15 is 0 Å². The second-order valence-corrected chi connectivity index (χ2v) is 6.96. The summed E-state index contributed by atoms with van der Waals surface area (Å²) in [6.07, 6.45) is 4.89. The molecule has 2 N–H and O–H groups in total. The summed E-state index contributed by atoms with van der Waals surface area (Å²) in [5.41, 5.74) is 1.30. The zero-order valence-corrected chi connectivity index (χ0v) is 15.9. The van der Waals surface area contributed by atoms with E-state index in [1.807, 2.05) is 36.6 Å². The lowest BCUT2D eigenvalue weighted by Crippen LogP contribution is -2.44. The van der Waals surface area contributed by atoms with Gasteiger partial charge in [0.1, 0.15) is 12.4 Å². The number of aliphatic hydroxyl groups is 1. The molecule has 0 saturated heterocycles. The van der Waals surface area contributed by atoms with Crippen molar-refractivity contribution in [2.75, 3.05) is 0 Å². The lowest BCUT2D eigenvalue weighted by Gasteiger charge is -2.35. The molecule has 0 aromatic carbocycles. The number of rotatable bonds is 6. The van der Waals surface area contributed by atoms with Crippen LogP contribution in [0.25, 0.3) is 5.82 Å². The Kier molecular flexibility index (Phi) is 4.91. The summed E-state index contributed by atoms with van der Waals surface area (Å²) in [7, 11) is 0. The van der Waals surface area contributed by atoms with Crippen LogP contribution in [0.3, 0.4) is 0 Å². The van der Waals surface area contributed by atoms with Gasteiger partial charge in [-0.15, -0.1) is 10.2 Å². The van der Waals surface area contributed by atoms with Crippen LogP contribution in [0.2, 0.25) is 0 Å². The zero-order valence-electron chi connectivity index (χ0n) is 15.9. The number of nitrogens with one attached hydrogen (secondary N) is 1. The summed E-state index contributed by atoms with van der Waals surface area (Å²) in [4.78, 5) is 17.0. The molecule has 0 spiro atoms. The standard InChI is InChI=1S/C19H23N7O2/c1-3-25-17(11-27)23-24-18(25)13-8-14(9-13)22-19(28)15-10-21-26(12(15)2)16-6-4-5-7-20-16/h4-7,10,13-14,27H,3,8-9,11H2,1-2H3,(H,22,28). The lowest BCUT2D eigenvalue weighted by molar-refractivity contribution is 0.0906. The molecule has 9 nitrogen and oxygen atoms in total. The SMILES string of the molecule is CCn1c(CO)nnc1C1CC(NC(=O)c2cnn(-c3ccccn3)c2C)C1. The fourth-order valence-corrected chi connectivity index (χ4v) is 3.66. The van der Waals surface area contributed by atoms with Crippen LogP contribution in [-0.2, 0) is 13.2 Å². The van der Waals surface area contributed by atoms with Crippen molar-refractivity contribution in [2.24, 2.45) is 0 Å². The van der Waals surface area contributed by atoms with E-state index in [0.29, 0.717) is 17.2 Å². The third-order valence-corrected chi connectivity index (χ3v) is 5.27. The van der Waals surface area contributed by atoms with Crippen LogP contribution in [0.5, 0.6) is 0 Å². The molecule has 1 aliphatic carbocycles. The first-order valence-electron chi connectivity index (χ1n) is 9.42. The largest absolute Gasteiger partial charge is 0.388 e. The van der Waals surface area contributed by atoms with Crippen molar-refractivity contribution < 1.29 is 9.90 Å². The summed E-state index contributed by atoms with van der Waals surface area (Å²) in [6, 6.07) is 5.67. The van der Waals surface area contributed by atoms with Crippen LogP contribution in [0.15, 0.2) is 30.6 Å². The van der Waals surface area contributed by atoms with Gasteiger partial charge in [0, 0.05) is 24.7 Å². The number of aliphatic hydroxyl groups excluding tert-OH is 1. The number of hydrogen-bond acceptors (Lipinski definition) is 6. The first-order chi connectivity index (χ1) is 13.6. The van der Waals surface area contributed by atoms with E-state index in [0.717, 1.165) is 30.9 Å². The van der Waals surface area contributed by atoms with Crippen molar-refractivity contribution in [2.45, 2.75) is 51.8 Å². The van der Waals surface area contributed by atoms with Gasteiger partial charge in [0.2, 0.25) is 0 Å². The van der Waals surface area contributed by atoms with Gasteiger partial charge in [0.15, 0.2) is 11.6 Å². The molecule has 1 aliphatic rings. The second kappa shape index (κ2) is 7.51. The Morgan fingerprint density at radius 3 is 2.82 bits per heavy atom. The molecule has 9 heteroatoms. The molecule has 0 bridgehead atoms. The predicted octanol–water partition coefficient (Wildman–Crippen LogP) is 1.36. The minimum atomic E-state index is -0.129. The summed E-state index contributed by atoms with van der Waals surface area (Å²) in [5, 5.41) is 25.0. The molecule has 4 rings (SSSR count). The van der Waals surface area contributed by atoms with Gasteiger partial charge in [-0.05, 0) is 38.8 Å². The topological polar surface area (TPSA) is 111 Å². The lowest BCUT2D eigenvalue weighted by atomic mass is 9.79. The van der Waals surface area contributed by atoms with E-state index in [9.17, 15) is 9.90 Å². The average molecular weight is 381 g/mol. The zero-order chi connectivity index (χ0) is 19.7. The molecular weight excluding hydrogens is 358 g/mol. The summed E-state index contributed by atoms with van der Waals surface area (Å²) < 4.78 is 3.61. The number of nitrogens with zero attached hydrogens (tertiary/aromatic N) is 6. The molecule has 3 aromatic rings. The van der Waals surface area contributed by atoms with Crippen LogP contribution in [-0.4, -0.2) is 46.6 Å². The quantitative estimate of drug-likeness (QED) is 0.667. The monoisotopic (exact) mass is 381 g/mol. The predicted molar refractivity (Wildman–Crippen MR) is 101 cm³/mol. The maximum absolute atomic E-state index is 12.7. The van der Waals surface area contributed by atoms with Gasteiger partial charge >= 0.3 is 0 Å². The first-order valence-corrected chi connectivity index (χ1v) is 9.42. The number of hydrogen-bond donors (Lipinski definition) is 2. The van der Waals surface area contributed by atoms with Gasteiger partial charge in [-0.2, -0.15) is 5.10 Å². The van der Waals surface area contributed by atoms with E-state index in [-0.39, 0.29) is 24.5 Å². The maximum Gasteiger partial charge on any atom is 0.254 e. The third kappa shape index (κ3) is 3.18. The van der Waals surface area contributed by atoms with Crippen molar-refractivity contribution in [3.63, 3.8) is 0 Å². The Hall–Kier alpha value is -3.07. The number of pyridine rings is 1. The van der Waals surface area contributed by atoms with Crippen molar-refractivity contribution in [1.82, 2.24) is 34.8 Å². The Labute approximate surface area is 162 Å². The van der Waals surface area contributed by atoms with Gasteiger partial charge in [-0.3, -0.25) is 4.79 Å². The van der Waals surface area contributed by atoms with Gasteiger partial charge in [0.25, 0.3) is 5.91 Å². The van der Waals surface area contributed by atoms with Gasteiger partial charge in [-0.1, -0.05) is 6.07 Å². The molecule has 28 heavy (non-hydrogen) atoms. The summed E-state index contributed by atoms with van der Waals surface area (Å²) >= 11 is 0.